The Morgan fingerprint density at radius 1 is 0.975 bits per heavy atom. The normalized spacial score (nSPS) is 12.0. The van der Waals surface area contributed by atoms with Crippen LogP contribution in [0.4, 0.5) is 15.8 Å². The van der Waals surface area contributed by atoms with Gasteiger partial charge in [-0.3, -0.25) is 24.0 Å². The molecule has 10 nitrogen and oxygen atoms in total. The van der Waals surface area contributed by atoms with Crippen LogP contribution in [0.5, 0.6) is 0 Å². The molecule has 0 aromatic heterocycles. The first kappa shape index (κ1) is 30.2. The van der Waals surface area contributed by atoms with Crippen molar-refractivity contribution in [3.8, 4) is 0 Å². The van der Waals surface area contributed by atoms with Gasteiger partial charge in [0.05, 0.1) is 15.5 Å². The van der Waals surface area contributed by atoms with Crippen molar-refractivity contribution in [2.75, 3.05) is 17.4 Å². The number of nitro benzene ring substituents is 1. The number of nitrogens with zero attached hydrogens (tertiary/aromatic N) is 3. The van der Waals surface area contributed by atoms with E-state index in [1.54, 1.807) is 12.1 Å². The predicted molar refractivity (Wildman–Crippen MR) is 148 cm³/mol. The zero-order valence-corrected chi connectivity index (χ0v) is 23.2. The molecule has 1 unspecified atom stereocenters. The summed E-state index contributed by atoms with van der Waals surface area (Å²) >= 11 is 0. The van der Waals surface area contributed by atoms with E-state index in [0.29, 0.717) is 6.54 Å². The number of benzene rings is 3. The van der Waals surface area contributed by atoms with Crippen LogP contribution in [-0.4, -0.2) is 49.2 Å². The monoisotopic (exact) mass is 570 g/mol. The van der Waals surface area contributed by atoms with Gasteiger partial charge < -0.3 is 10.2 Å². The highest BCUT2D eigenvalue weighted by Crippen LogP contribution is 2.27. The summed E-state index contributed by atoms with van der Waals surface area (Å²) in [5.74, 6) is -1.76. The van der Waals surface area contributed by atoms with Gasteiger partial charge in [-0.2, -0.15) is 0 Å². The molecule has 0 radical (unpaired) electrons. The first-order valence-corrected chi connectivity index (χ1v) is 14.0. The highest BCUT2D eigenvalue weighted by molar-refractivity contribution is 7.92. The van der Waals surface area contributed by atoms with Gasteiger partial charge in [0, 0.05) is 30.8 Å². The van der Waals surface area contributed by atoms with Gasteiger partial charge in [-0.25, -0.2) is 12.8 Å². The van der Waals surface area contributed by atoms with Gasteiger partial charge >= 0.3 is 0 Å². The number of nitrogens with one attached hydrogen (secondary N) is 1. The van der Waals surface area contributed by atoms with Crippen LogP contribution in [0.1, 0.15) is 26.3 Å². The molecule has 0 aliphatic rings. The van der Waals surface area contributed by atoms with Gasteiger partial charge in [0.1, 0.15) is 18.4 Å². The average molecular weight is 571 g/mol. The summed E-state index contributed by atoms with van der Waals surface area (Å²) < 4.78 is 42.8. The number of carbonyl (C=O) groups excluding carboxylic acids is 2. The maximum atomic E-state index is 14.6. The van der Waals surface area contributed by atoms with E-state index in [2.05, 4.69) is 5.32 Å². The van der Waals surface area contributed by atoms with Crippen LogP contribution in [0.2, 0.25) is 0 Å². The average Bonchev–Trinajstić information content (AvgIpc) is 2.94. The number of carbonyl (C=O) groups is 2. The minimum atomic E-state index is -4.38. The molecule has 0 bridgehead atoms. The maximum absolute atomic E-state index is 14.6. The molecule has 12 heteroatoms. The van der Waals surface area contributed by atoms with Crippen LogP contribution in [0.25, 0.3) is 0 Å². The summed E-state index contributed by atoms with van der Waals surface area (Å²) in [5, 5.41) is 14.2. The lowest BCUT2D eigenvalue weighted by atomic mass is 10.1. The molecular formula is C28H31FN4O6S. The van der Waals surface area contributed by atoms with E-state index in [1.165, 1.54) is 67.6 Å². The van der Waals surface area contributed by atoms with Gasteiger partial charge in [-0.05, 0) is 37.1 Å². The lowest BCUT2D eigenvalue weighted by molar-refractivity contribution is -0.384. The Bertz CT molecular complexity index is 1470. The molecule has 1 N–H and O–H groups in total. The van der Waals surface area contributed by atoms with Crippen molar-refractivity contribution >= 4 is 33.2 Å². The number of hydrogen-bond donors (Lipinski definition) is 1. The number of hydrogen-bond acceptors (Lipinski definition) is 6. The molecule has 0 saturated heterocycles. The molecule has 0 heterocycles. The predicted octanol–water partition coefficient (Wildman–Crippen LogP) is 4.12. The summed E-state index contributed by atoms with van der Waals surface area (Å²) in [6.07, 6.45) is 0. The summed E-state index contributed by atoms with van der Waals surface area (Å²) in [6.45, 7) is 4.51. The number of sulfonamides is 1. The Hall–Kier alpha value is -4.32. The van der Waals surface area contributed by atoms with E-state index >= 15 is 0 Å². The molecule has 2 amide bonds. The molecule has 3 rings (SSSR count). The van der Waals surface area contributed by atoms with Crippen molar-refractivity contribution in [2.45, 2.75) is 38.3 Å². The fourth-order valence-corrected chi connectivity index (χ4v) is 5.28. The van der Waals surface area contributed by atoms with Crippen molar-refractivity contribution < 1.29 is 27.3 Å². The molecule has 1 atom stereocenters. The Balaban J connectivity index is 2.05. The van der Waals surface area contributed by atoms with Crippen LogP contribution < -0.4 is 9.62 Å². The fourth-order valence-electron chi connectivity index (χ4n) is 3.86. The summed E-state index contributed by atoms with van der Waals surface area (Å²) in [4.78, 5) is 38.5. The minimum absolute atomic E-state index is 0.117. The second kappa shape index (κ2) is 13.2. The van der Waals surface area contributed by atoms with E-state index in [0.717, 1.165) is 15.3 Å². The quantitative estimate of drug-likeness (QED) is 0.258. The Labute approximate surface area is 232 Å². The summed E-state index contributed by atoms with van der Waals surface area (Å²) in [7, 11) is -4.38. The second-order valence-electron chi connectivity index (χ2n) is 9.53. The van der Waals surface area contributed by atoms with E-state index < -0.39 is 45.2 Å². The molecule has 0 aliphatic heterocycles. The first-order chi connectivity index (χ1) is 18.9. The molecule has 0 saturated carbocycles. The van der Waals surface area contributed by atoms with Crippen molar-refractivity contribution in [3.63, 3.8) is 0 Å². The number of rotatable bonds is 12. The van der Waals surface area contributed by atoms with Crippen molar-refractivity contribution in [2.24, 2.45) is 5.92 Å². The number of non-ortho nitro benzene ring substituents is 1. The third-order valence-corrected chi connectivity index (χ3v) is 7.88. The molecule has 0 fully saturated rings. The molecule has 0 aliphatic carbocycles. The largest absolute Gasteiger partial charge is 0.354 e. The summed E-state index contributed by atoms with van der Waals surface area (Å²) in [5.41, 5.74) is -0.357. The topological polar surface area (TPSA) is 130 Å². The highest BCUT2D eigenvalue weighted by atomic mass is 32.2. The van der Waals surface area contributed by atoms with Gasteiger partial charge in [-0.15, -0.1) is 0 Å². The number of anilines is 1. The molecule has 0 spiro atoms. The van der Waals surface area contributed by atoms with Gasteiger partial charge in [-0.1, -0.05) is 56.3 Å². The lowest BCUT2D eigenvalue weighted by Gasteiger charge is -2.32. The van der Waals surface area contributed by atoms with Crippen molar-refractivity contribution in [1.29, 1.82) is 0 Å². The van der Waals surface area contributed by atoms with Crippen molar-refractivity contribution in [3.05, 3.63) is 100 Å². The molecule has 3 aromatic rings. The third-order valence-electron chi connectivity index (χ3n) is 6.09. The summed E-state index contributed by atoms with van der Waals surface area (Å²) in [6, 6.07) is 16.9. The molecule has 3 aromatic carbocycles. The van der Waals surface area contributed by atoms with E-state index in [9.17, 15) is 32.5 Å². The SMILES string of the molecule is CC(C)CNC(=O)C(C)N(Cc1ccccc1F)C(=O)CN(c1cccc([N+](=O)[O-])c1)S(=O)(=O)c1ccccc1. The maximum Gasteiger partial charge on any atom is 0.271 e. The smallest absolute Gasteiger partial charge is 0.271 e. The molecule has 40 heavy (non-hydrogen) atoms. The standard InChI is InChI=1S/C28H31FN4O6S/c1-20(2)17-30-28(35)21(3)31(18-22-10-7-8-15-26(22)29)27(34)19-32(23-11-9-12-24(16-23)33(36)37)40(38,39)25-13-5-4-6-14-25/h4-16,20-21H,17-19H2,1-3H3,(H,30,35). The lowest BCUT2D eigenvalue weighted by Crippen LogP contribution is -2.51. The Kier molecular flexibility index (Phi) is 9.94. The van der Waals surface area contributed by atoms with Crippen LogP contribution in [0.15, 0.2) is 83.8 Å². The Morgan fingerprint density at radius 3 is 2.25 bits per heavy atom. The van der Waals surface area contributed by atoms with Crippen LogP contribution >= 0.6 is 0 Å². The van der Waals surface area contributed by atoms with Gasteiger partial charge in [0.25, 0.3) is 15.7 Å². The number of halogens is 1. The molecule has 212 valence electrons. The van der Waals surface area contributed by atoms with Crippen LogP contribution in [0, 0.1) is 21.8 Å². The van der Waals surface area contributed by atoms with Crippen molar-refractivity contribution in [1.82, 2.24) is 10.2 Å². The zero-order valence-electron chi connectivity index (χ0n) is 22.4. The highest BCUT2D eigenvalue weighted by Gasteiger charge is 2.33. The number of amides is 2. The zero-order chi connectivity index (χ0) is 29.4. The minimum Gasteiger partial charge on any atom is -0.354 e. The Morgan fingerprint density at radius 2 is 1.62 bits per heavy atom. The first-order valence-electron chi connectivity index (χ1n) is 12.5. The second-order valence-corrected chi connectivity index (χ2v) is 11.4. The molecular weight excluding hydrogens is 539 g/mol. The number of nitro groups is 1. The van der Waals surface area contributed by atoms with E-state index in [4.69, 9.17) is 0 Å². The van der Waals surface area contributed by atoms with Crippen LogP contribution in [-0.2, 0) is 26.2 Å². The van der Waals surface area contributed by atoms with Gasteiger partial charge in [0.2, 0.25) is 11.8 Å². The van der Waals surface area contributed by atoms with Gasteiger partial charge in [0.15, 0.2) is 0 Å². The third kappa shape index (κ3) is 7.41. The van der Waals surface area contributed by atoms with E-state index in [-0.39, 0.29) is 34.3 Å². The van der Waals surface area contributed by atoms with Crippen LogP contribution in [0.3, 0.4) is 0 Å². The van der Waals surface area contributed by atoms with E-state index in [1.807, 2.05) is 13.8 Å². The fraction of sp³-hybridized carbons (Fsp3) is 0.286.